The lowest BCUT2D eigenvalue weighted by molar-refractivity contribution is 0.323. The van der Waals surface area contributed by atoms with E-state index in [4.69, 9.17) is 15.2 Å². The van der Waals surface area contributed by atoms with Gasteiger partial charge in [0.1, 0.15) is 18.1 Å². The maximum Gasteiger partial charge on any atom is 0.137 e. The Morgan fingerprint density at radius 1 is 1.46 bits per heavy atom. The van der Waals surface area contributed by atoms with Crippen molar-refractivity contribution >= 4 is 15.9 Å². The summed E-state index contributed by atoms with van der Waals surface area (Å²) in [5, 5.41) is 0. The van der Waals surface area contributed by atoms with E-state index in [-0.39, 0.29) is 0 Å². The topological polar surface area (TPSA) is 44.5 Å². The van der Waals surface area contributed by atoms with Crippen LogP contribution in [0.25, 0.3) is 0 Å². The van der Waals surface area contributed by atoms with E-state index in [9.17, 15) is 0 Å². The van der Waals surface area contributed by atoms with Gasteiger partial charge in [0, 0.05) is 12.6 Å². The van der Waals surface area contributed by atoms with E-state index in [1.54, 1.807) is 7.11 Å². The summed E-state index contributed by atoms with van der Waals surface area (Å²) in [6.07, 6.45) is 0. The van der Waals surface area contributed by atoms with E-state index in [0.717, 1.165) is 16.0 Å². The number of hydrogen-bond acceptors (Lipinski definition) is 3. The number of benzene rings is 1. The first kappa shape index (κ1) is 10.3. The largest absolute Gasteiger partial charge is 0.497 e. The van der Waals surface area contributed by atoms with Crippen molar-refractivity contribution < 1.29 is 9.47 Å². The number of methoxy groups -OCH3 is 1. The van der Waals surface area contributed by atoms with Gasteiger partial charge in [0.25, 0.3) is 0 Å². The zero-order chi connectivity index (χ0) is 9.68. The molecule has 2 N–H and O–H groups in total. The fourth-order valence-corrected chi connectivity index (χ4v) is 1.25. The van der Waals surface area contributed by atoms with Crippen LogP contribution in [-0.2, 0) is 0 Å². The van der Waals surface area contributed by atoms with Gasteiger partial charge in [-0.05, 0) is 28.1 Å². The molecule has 0 atom stereocenters. The summed E-state index contributed by atoms with van der Waals surface area (Å²) >= 11 is 3.37. The Morgan fingerprint density at radius 3 is 2.85 bits per heavy atom. The molecule has 0 spiro atoms. The Hall–Kier alpha value is -0.740. The highest BCUT2D eigenvalue weighted by molar-refractivity contribution is 9.10. The fourth-order valence-electron chi connectivity index (χ4n) is 0.890. The summed E-state index contributed by atoms with van der Waals surface area (Å²) in [7, 11) is 1.62. The first-order valence-electron chi connectivity index (χ1n) is 3.94. The molecule has 0 aromatic heterocycles. The minimum Gasteiger partial charge on any atom is -0.497 e. The summed E-state index contributed by atoms with van der Waals surface area (Å²) in [5.74, 6) is 1.53. The van der Waals surface area contributed by atoms with Gasteiger partial charge in [-0.3, -0.25) is 0 Å². The monoisotopic (exact) mass is 245 g/mol. The second-order valence-corrected chi connectivity index (χ2v) is 3.29. The van der Waals surface area contributed by atoms with Crippen LogP contribution in [0.1, 0.15) is 0 Å². The predicted octanol–water partition coefficient (Wildman–Crippen LogP) is 1.80. The molecular weight excluding hydrogens is 234 g/mol. The molecule has 0 fully saturated rings. The Morgan fingerprint density at radius 2 is 2.23 bits per heavy atom. The molecule has 0 aliphatic carbocycles. The molecule has 0 amide bonds. The first-order chi connectivity index (χ1) is 6.27. The average molecular weight is 246 g/mol. The number of ether oxygens (including phenoxy) is 2. The van der Waals surface area contributed by atoms with E-state index in [0.29, 0.717) is 13.2 Å². The van der Waals surface area contributed by atoms with Crippen LogP contribution in [0.4, 0.5) is 0 Å². The van der Waals surface area contributed by atoms with Crippen LogP contribution in [-0.4, -0.2) is 20.3 Å². The molecule has 1 aromatic carbocycles. The SMILES string of the molecule is COc1ccc(Br)c(OCCN)c1. The Labute approximate surface area is 86.0 Å². The van der Waals surface area contributed by atoms with Gasteiger partial charge in [-0.2, -0.15) is 0 Å². The van der Waals surface area contributed by atoms with Gasteiger partial charge in [-0.25, -0.2) is 0 Å². The van der Waals surface area contributed by atoms with Crippen molar-refractivity contribution in [3.8, 4) is 11.5 Å². The van der Waals surface area contributed by atoms with Gasteiger partial charge < -0.3 is 15.2 Å². The Bertz CT molecular complexity index is 278. The van der Waals surface area contributed by atoms with Crippen LogP contribution in [0.5, 0.6) is 11.5 Å². The van der Waals surface area contributed by atoms with Crippen LogP contribution in [0.3, 0.4) is 0 Å². The van der Waals surface area contributed by atoms with Crippen molar-refractivity contribution in [3.05, 3.63) is 22.7 Å². The van der Waals surface area contributed by atoms with Gasteiger partial charge in [0.2, 0.25) is 0 Å². The molecule has 0 saturated carbocycles. The highest BCUT2D eigenvalue weighted by Gasteiger charge is 2.02. The molecule has 0 radical (unpaired) electrons. The van der Waals surface area contributed by atoms with Crippen LogP contribution < -0.4 is 15.2 Å². The van der Waals surface area contributed by atoms with Gasteiger partial charge in [0.15, 0.2) is 0 Å². The van der Waals surface area contributed by atoms with Gasteiger partial charge >= 0.3 is 0 Å². The summed E-state index contributed by atoms with van der Waals surface area (Å²) in [4.78, 5) is 0. The van der Waals surface area contributed by atoms with E-state index >= 15 is 0 Å². The molecule has 13 heavy (non-hydrogen) atoms. The summed E-state index contributed by atoms with van der Waals surface area (Å²) in [6, 6.07) is 5.56. The zero-order valence-corrected chi connectivity index (χ0v) is 9.00. The normalized spacial score (nSPS) is 9.77. The van der Waals surface area contributed by atoms with E-state index in [1.165, 1.54) is 0 Å². The lowest BCUT2D eigenvalue weighted by Gasteiger charge is -2.08. The van der Waals surface area contributed by atoms with Gasteiger partial charge in [-0.1, -0.05) is 0 Å². The van der Waals surface area contributed by atoms with Crippen molar-refractivity contribution in [1.82, 2.24) is 0 Å². The van der Waals surface area contributed by atoms with Crippen molar-refractivity contribution in [2.45, 2.75) is 0 Å². The standard InChI is InChI=1S/C9H12BrNO2/c1-12-7-2-3-8(10)9(6-7)13-5-4-11/h2-3,6H,4-5,11H2,1H3. The van der Waals surface area contributed by atoms with Crippen molar-refractivity contribution in [3.63, 3.8) is 0 Å². The smallest absolute Gasteiger partial charge is 0.137 e. The summed E-state index contributed by atoms with van der Waals surface area (Å²) in [6.45, 7) is 1.01. The summed E-state index contributed by atoms with van der Waals surface area (Å²) in [5.41, 5.74) is 5.33. The predicted molar refractivity (Wildman–Crippen MR) is 55.2 cm³/mol. The quantitative estimate of drug-likeness (QED) is 0.880. The number of rotatable bonds is 4. The number of nitrogens with two attached hydrogens (primary N) is 1. The Balaban J connectivity index is 2.78. The molecule has 3 nitrogen and oxygen atoms in total. The van der Waals surface area contributed by atoms with Crippen molar-refractivity contribution in [1.29, 1.82) is 0 Å². The minimum absolute atomic E-state index is 0.504. The minimum atomic E-state index is 0.504. The number of halogens is 1. The molecule has 72 valence electrons. The maximum absolute atomic E-state index is 5.38. The van der Waals surface area contributed by atoms with E-state index in [1.807, 2.05) is 18.2 Å². The third-order valence-corrected chi connectivity index (χ3v) is 2.17. The first-order valence-corrected chi connectivity index (χ1v) is 4.73. The van der Waals surface area contributed by atoms with Crippen molar-refractivity contribution in [2.75, 3.05) is 20.3 Å². The Kier molecular flexibility index (Phi) is 4.05. The van der Waals surface area contributed by atoms with Gasteiger partial charge in [-0.15, -0.1) is 0 Å². The zero-order valence-electron chi connectivity index (χ0n) is 7.42. The van der Waals surface area contributed by atoms with Crippen LogP contribution >= 0.6 is 15.9 Å². The molecule has 0 unspecified atom stereocenters. The lowest BCUT2D eigenvalue weighted by atomic mass is 10.3. The highest BCUT2D eigenvalue weighted by atomic mass is 79.9. The molecule has 1 aromatic rings. The second-order valence-electron chi connectivity index (χ2n) is 2.43. The molecule has 0 bridgehead atoms. The molecular formula is C9H12BrNO2. The average Bonchev–Trinajstić information content (AvgIpc) is 2.17. The molecule has 0 heterocycles. The second kappa shape index (κ2) is 5.09. The molecule has 4 heteroatoms. The maximum atomic E-state index is 5.38. The van der Waals surface area contributed by atoms with Crippen LogP contribution in [0.2, 0.25) is 0 Å². The number of hydrogen-bond donors (Lipinski definition) is 1. The van der Waals surface area contributed by atoms with Crippen LogP contribution in [0.15, 0.2) is 22.7 Å². The lowest BCUT2D eigenvalue weighted by Crippen LogP contribution is -2.10. The molecule has 1 rings (SSSR count). The third-order valence-electron chi connectivity index (χ3n) is 1.51. The van der Waals surface area contributed by atoms with Crippen LogP contribution in [0, 0.1) is 0 Å². The summed E-state index contributed by atoms with van der Waals surface area (Å²) < 4.78 is 11.3. The highest BCUT2D eigenvalue weighted by Crippen LogP contribution is 2.28. The van der Waals surface area contributed by atoms with E-state index in [2.05, 4.69) is 15.9 Å². The molecule has 0 aliphatic rings. The molecule has 0 saturated heterocycles. The fraction of sp³-hybridized carbons (Fsp3) is 0.333. The molecule has 0 aliphatic heterocycles. The van der Waals surface area contributed by atoms with E-state index < -0.39 is 0 Å². The third kappa shape index (κ3) is 2.90. The van der Waals surface area contributed by atoms with Crippen molar-refractivity contribution in [2.24, 2.45) is 5.73 Å². The van der Waals surface area contributed by atoms with Gasteiger partial charge in [0.05, 0.1) is 11.6 Å².